The Morgan fingerprint density at radius 3 is 2.57 bits per heavy atom. The molecule has 35 heavy (non-hydrogen) atoms. The van der Waals surface area contributed by atoms with Crippen LogP contribution >= 0.6 is 0 Å². The first-order valence-electron chi connectivity index (χ1n) is 11.8. The summed E-state index contributed by atoms with van der Waals surface area (Å²) in [6.45, 7) is 5.11. The van der Waals surface area contributed by atoms with Crippen molar-refractivity contribution in [3.8, 4) is 5.69 Å². The number of nitrogens with zero attached hydrogens (tertiary/aromatic N) is 6. The molecule has 0 atom stereocenters. The van der Waals surface area contributed by atoms with Crippen LogP contribution in [0.3, 0.4) is 0 Å². The number of anilines is 3. The van der Waals surface area contributed by atoms with Gasteiger partial charge in [-0.05, 0) is 23.6 Å². The van der Waals surface area contributed by atoms with Crippen molar-refractivity contribution in [3.05, 3.63) is 73.2 Å². The summed E-state index contributed by atoms with van der Waals surface area (Å²) >= 11 is 0. The Labute approximate surface area is 202 Å². The van der Waals surface area contributed by atoms with Crippen LogP contribution in [0.15, 0.2) is 73.2 Å². The number of para-hydroxylation sites is 1. The fraction of sp³-hybridized carbons (Fsp3) is 0.231. The second kappa shape index (κ2) is 9.65. The predicted molar refractivity (Wildman–Crippen MR) is 137 cm³/mol. The minimum atomic E-state index is 0.466. The summed E-state index contributed by atoms with van der Waals surface area (Å²) in [4.78, 5) is 21.2. The largest absolute Gasteiger partial charge is 0.379 e. The van der Waals surface area contributed by atoms with Gasteiger partial charge in [0, 0.05) is 43.4 Å². The number of imidazole rings is 1. The van der Waals surface area contributed by atoms with Crippen molar-refractivity contribution < 1.29 is 4.74 Å². The van der Waals surface area contributed by atoms with Crippen LogP contribution in [0.1, 0.15) is 0 Å². The fourth-order valence-electron chi connectivity index (χ4n) is 4.34. The number of morpholine rings is 1. The number of rotatable bonds is 7. The average molecular weight is 467 g/mol. The molecular formula is C26H26N8O. The average Bonchev–Trinajstić information content (AvgIpc) is 3.34. The summed E-state index contributed by atoms with van der Waals surface area (Å²) in [6, 6.07) is 20.2. The lowest BCUT2D eigenvalue weighted by Gasteiger charge is -2.26. The molecule has 0 spiro atoms. The molecule has 2 N–H and O–H groups in total. The zero-order valence-electron chi connectivity index (χ0n) is 19.3. The second-order valence-electron chi connectivity index (χ2n) is 8.40. The molecule has 0 aliphatic carbocycles. The lowest BCUT2D eigenvalue weighted by atomic mass is 10.1. The number of hydrogen-bond donors (Lipinski definition) is 2. The van der Waals surface area contributed by atoms with Gasteiger partial charge in [-0.15, -0.1) is 0 Å². The van der Waals surface area contributed by atoms with E-state index in [1.165, 1.54) is 0 Å². The van der Waals surface area contributed by atoms with Gasteiger partial charge >= 0.3 is 0 Å². The Hall–Kier alpha value is -4.08. The van der Waals surface area contributed by atoms with Crippen LogP contribution in [-0.4, -0.2) is 68.8 Å². The van der Waals surface area contributed by atoms with Gasteiger partial charge in [-0.25, -0.2) is 9.97 Å². The van der Waals surface area contributed by atoms with Gasteiger partial charge in [0.1, 0.15) is 12.1 Å². The van der Waals surface area contributed by atoms with Gasteiger partial charge in [0.15, 0.2) is 17.0 Å². The van der Waals surface area contributed by atoms with Crippen molar-refractivity contribution in [2.45, 2.75) is 0 Å². The first-order valence-corrected chi connectivity index (χ1v) is 11.8. The molecule has 0 bridgehead atoms. The molecule has 0 unspecified atom stereocenters. The van der Waals surface area contributed by atoms with Gasteiger partial charge in [0.05, 0.1) is 13.2 Å². The van der Waals surface area contributed by atoms with Gasteiger partial charge in [0.2, 0.25) is 5.95 Å². The standard InChI is InChI=1S/C26H26N8O/c1-2-7-20(8-3-1)34-18-29-22-24(28-12-13-33-14-16-35-17-15-33)31-26(32-25(22)34)30-23-21-9-5-4-6-19(21)10-11-27-23/h1-11,18H,12-17H2,(H2,27,28,30,31,32). The number of fused-ring (bicyclic) bond motifs is 2. The third kappa shape index (κ3) is 4.51. The highest BCUT2D eigenvalue weighted by Crippen LogP contribution is 2.27. The number of aromatic nitrogens is 5. The summed E-state index contributed by atoms with van der Waals surface area (Å²) in [6.07, 6.45) is 3.58. The van der Waals surface area contributed by atoms with Gasteiger partial charge in [0.25, 0.3) is 0 Å². The number of nitrogens with one attached hydrogen (secondary N) is 2. The summed E-state index contributed by atoms with van der Waals surface area (Å²) in [5.41, 5.74) is 2.44. The van der Waals surface area contributed by atoms with Crippen LogP contribution in [-0.2, 0) is 4.74 Å². The normalized spacial score (nSPS) is 14.4. The van der Waals surface area contributed by atoms with Crippen molar-refractivity contribution in [3.63, 3.8) is 0 Å². The topological polar surface area (TPSA) is 93.0 Å². The summed E-state index contributed by atoms with van der Waals surface area (Å²) < 4.78 is 7.44. The van der Waals surface area contributed by atoms with E-state index in [2.05, 4.69) is 31.6 Å². The minimum Gasteiger partial charge on any atom is -0.379 e. The monoisotopic (exact) mass is 466 g/mol. The van der Waals surface area contributed by atoms with Crippen LogP contribution in [0.5, 0.6) is 0 Å². The van der Waals surface area contributed by atoms with E-state index < -0.39 is 0 Å². The van der Waals surface area contributed by atoms with Crippen molar-refractivity contribution in [2.75, 3.05) is 50.0 Å². The maximum atomic E-state index is 5.46. The molecule has 0 radical (unpaired) electrons. The fourth-order valence-corrected chi connectivity index (χ4v) is 4.34. The third-order valence-electron chi connectivity index (χ3n) is 6.16. The summed E-state index contributed by atoms with van der Waals surface area (Å²) in [7, 11) is 0. The van der Waals surface area contributed by atoms with Crippen LogP contribution in [0.25, 0.3) is 27.6 Å². The Morgan fingerprint density at radius 2 is 1.69 bits per heavy atom. The number of hydrogen-bond acceptors (Lipinski definition) is 8. The quantitative estimate of drug-likeness (QED) is 0.374. The van der Waals surface area contributed by atoms with E-state index >= 15 is 0 Å². The lowest BCUT2D eigenvalue weighted by Crippen LogP contribution is -2.39. The minimum absolute atomic E-state index is 0.466. The van der Waals surface area contributed by atoms with E-state index in [4.69, 9.17) is 14.7 Å². The van der Waals surface area contributed by atoms with E-state index in [-0.39, 0.29) is 0 Å². The van der Waals surface area contributed by atoms with Crippen LogP contribution in [0.4, 0.5) is 17.6 Å². The molecule has 1 saturated heterocycles. The molecular weight excluding hydrogens is 440 g/mol. The highest BCUT2D eigenvalue weighted by molar-refractivity contribution is 5.93. The molecule has 1 aliphatic heterocycles. The molecule has 1 fully saturated rings. The third-order valence-corrected chi connectivity index (χ3v) is 6.16. The van der Waals surface area contributed by atoms with Crippen molar-refractivity contribution in [2.24, 2.45) is 0 Å². The Kier molecular flexibility index (Phi) is 5.92. The lowest BCUT2D eigenvalue weighted by molar-refractivity contribution is 0.0398. The summed E-state index contributed by atoms with van der Waals surface area (Å²) in [5, 5.41) is 8.95. The van der Waals surface area contributed by atoms with E-state index in [1.807, 2.05) is 59.2 Å². The van der Waals surface area contributed by atoms with Crippen molar-refractivity contribution in [1.29, 1.82) is 0 Å². The first-order chi connectivity index (χ1) is 17.3. The van der Waals surface area contributed by atoms with E-state index in [0.29, 0.717) is 17.6 Å². The van der Waals surface area contributed by atoms with E-state index in [0.717, 1.165) is 67.0 Å². The maximum absolute atomic E-state index is 5.46. The molecule has 3 aromatic heterocycles. The highest BCUT2D eigenvalue weighted by Gasteiger charge is 2.16. The first kappa shape index (κ1) is 21.5. The highest BCUT2D eigenvalue weighted by atomic mass is 16.5. The van der Waals surface area contributed by atoms with Gasteiger partial charge < -0.3 is 15.4 Å². The van der Waals surface area contributed by atoms with Crippen molar-refractivity contribution in [1.82, 2.24) is 29.4 Å². The number of benzene rings is 2. The summed E-state index contributed by atoms with van der Waals surface area (Å²) in [5.74, 6) is 1.88. The van der Waals surface area contributed by atoms with Crippen molar-refractivity contribution >= 4 is 39.5 Å². The molecule has 1 aliphatic rings. The predicted octanol–water partition coefficient (Wildman–Crippen LogP) is 3.85. The van der Waals surface area contributed by atoms with E-state index in [9.17, 15) is 0 Å². The zero-order chi connectivity index (χ0) is 23.5. The number of pyridine rings is 1. The Bertz CT molecular complexity index is 1440. The molecule has 0 saturated carbocycles. The zero-order valence-corrected chi connectivity index (χ0v) is 19.3. The SMILES string of the molecule is c1ccc(-n2cnc3c(NCCN4CCOCC4)nc(Nc4nccc5ccccc45)nc32)cc1. The van der Waals surface area contributed by atoms with Crippen LogP contribution in [0.2, 0.25) is 0 Å². The molecule has 176 valence electrons. The molecule has 9 heteroatoms. The Balaban J connectivity index is 1.36. The Morgan fingerprint density at radius 1 is 0.857 bits per heavy atom. The van der Waals surface area contributed by atoms with Gasteiger partial charge in [-0.1, -0.05) is 42.5 Å². The molecule has 6 rings (SSSR count). The van der Waals surface area contributed by atoms with Crippen LogP contribution in [0, 0.1) is 0 Å². The number of ether oxygens (including phenoxy) is 1. The molecule has 5 aromatic rings. The van der Waals surface area contributed by atoms with Gasteiger partial charge in [-0.3, -0.25) is 9.47 Å². The van der Waals surface area contributed by atoms with E-state index in [1.54, 1.807) is 12.5 Å². The molecule has 0 amide bonds. The van der Waals surface area contributed by atoms with Gasteiger partial charge in [-0.2, -0.15) is 9.97 Å². The smallest absolute Gasteiger partial charge is 0.232 e. The maximum Gasteiger partial charge on any atom is 0.232 e. The molecule has 4 heterocycles. The molecule has 2 aromatic carbocycles. The molecule has 9 nitrogen and oxygen atoms in total. The van der Waals surface area contributed by atoms with Crippen LogP contribution < -0.4 is 10.6 Å². The second-order valence-corrected chi connectivity index (χ2v) is 8.40.